The third-order valence-corrected chi connectivity index (χ3v) is 3.31. The average Bonchev–Trinajstić information content (AvgIpc) is 2.94. The number of aromatic nitrogens is 4. The number of carbonyl (C=O) groups is 1. The lowest BCUT2D eigenvalue weighted by Crippen LogP contribution is -2.29. The Bertz CT molecular complexity index is 722. The van der Waals surface area contributed by atoms with Crippen molar-refractivity contribution in [1.82, 2.24) is 20.2 Å². The average molecular weight is 289 g/mol. The van der Waals surface area contributed by atoms with Crippen molar-refractivity contribution in [3.05, 3.63) is 46.9 Å². The molecule has 1 aromatic heterocycles. The van der Waals surface area contributed by atoms with Crippen molar-refractivity contribution in [2.75, 3.05) is 12.4 Å². The minimum atomic E-state index is -0.565. The van der Waals surface area contributed by atoms with Crippen LogP contribution in [0.25, 0.3) is 0 Å². The summed E-state index contributed by atoms with van der Waals surface area (Å²) >= 11 is 0. The highest BCUT2D eigenvalue weighted by atomic mass is 19.1. The summed E-state index contributed by atoms with van der Waals surface area (Å²) in [7, 11) is 1.31. The largest absolute Gasteiger partial charge is 0.466 e. The van der Waals surface area contributed by atoms with Gasteiger partial charge in [-0.15, -0.1) is 0 Å². The Kier molecular flexibility index (Phi) is 3.13. The zero-order valence-corrected chi connectivity index (χ0v) is 11.4. The molecule has 0 spiro atoms. The molecule has 0 unspecified atom stereocenters. The molecule has 0 fully saturated rings. The summed E-state index contributed by atoms with van der Waals surface area (Å²) in [6.45, 7) is 1.74. The zero-order valence-electron chi connectivity index (χ0n) is 11.4. The highest BCUT2D eigenvalue weighted by Crippen LogP contribution is 2.34. The van der Waals surface area contributed by atoms with E-state index in [0.29, 0.717) is 22.8 Å². The first-order valence-electron chi connectivity index (χ1n) is 6.21. The molecule has 1 aliphatic rings. The number of anilines is 1. The maximum atomic E-state index is 13.1. The Morgan fingerprint density at radius 2 is 2.10 bits per heavy atom. The molecule has 3 rings (SSSR count). The van der Waals surface area contributed by atoms with Gasteiger partial charge in [0.2, 0.25) is 5.95 Å². The van der Waals surface area contributed by atoms with Gasteiger partial charge in [0, 0.05) is 5.70 Å². The van der Waals surface area contributed by atoms with E-state index in [0.717, 1.165) is 0 Å². The number of hydrogen-bond acceptors (Lipinski definition) is 6. The molecule has 0 radical (unpaired) electrons. The summed E-state index contributed by atoms with van der Waals surface area (Å²) in [5.74, 6) is -0.435. The van der Waals surface area contributed by atoms with Crippen molar-refractivity contribution in [3.63, 3.8) is 0 Å². The Morgan fingerprint density at radius 3 is 2.76 bits per heavy atom. The fourth-order valence-electron chi connectivity index (χ4n) is 2.34. The van der Waals surface area contributed by atoms with Crippen LogP contribution in [0.5, 0.6) is 0 Å². The van der Waals surface area contributed by atoms with E-state index < -0.39 is 12.0 Å². The first kappa shape index (κ1) is 13.2. The number of tetrazole rings is 1. The number of rotatable bonds is 2. The van der Waals surface area contributed by atoms with E-state index in [4.69, 9.17) is 4.74 Å². The molecule has 0 aliphatic carbocycles. The fraction of sp³-hybridized carbons (Fsp3) is 0.231. The number of halogens is 1. The Balaban J connectivity index is 2.17. The van der Waals surface area contributed by atoms with Crippen LogP contribution in [0.15, 0.2) is 35.5 Å². The molecule has 0 saturated heterocycles. The minimum absolute atomic E-state index is 0.357. The number of benzene rings is 1. The van der Waals surface area contributed by atoms with Gasteiger partial charge in [0.05, 0.1) is 12.7 Å². The molecule has 0 bridgehead atoms. The van der Waals surface area contributed by atoms with Gasteiger partial charge in [0.1, 0.15) is 11.9 Å². The standard InChI is InChI=1S/C13H12FN5O2/c1-7-10(12(20)21-2)11(8-3-5-9(14)6-4-8)19-13(15-7)16-17-18-19/h3-6,11H,1-2H3,(H,15,16,18)/t11-/m1/s1. The van der Waals surface area contributed by atoms with Gasteiger partial charge in [-0.2, -0.15) is 4.68 Å². The van der Waals surface area contributed by atoms with Gasteiger partial charge in [0.15, 0.2) is 0 Å². The summed E-state index contributed by atoms with van der Waals surface area (Å²) < 4.78 is 19.4. The molecule has 0 saturated carbocycles. The highest BCUT2D eigenvalue weighted by molar-refractivity contribution is 5.92. The maximum Gasteiger partial charge on any atom is 0.338 e. The molecular formula is C13H12FN5O2. The normalized spacial score (nSPS) is 17.2. The van der Waals surface area contributed by atoms with Crippen LogP contribution < -0.4 is 5.32 Å². The molecule has 1 atom stereocenters. The second-order valence-corrected chi connectivity index (χ2v) is 4.56. The number of fused-ring (bicyclic) bond motifs is 1. The Hall–Kier alpha value is -2.77. The number of ether oxygens (including phenoxy) is 1. The lowest BCUT2D eigenvalue weighted by atomic mass is 9.96. The Morgan fingerprint density at radius 1 is 1.38 bits per heavy atom. The predicted octanol–water partition coefficient (Wildman–Crippen LogP) is 1.27. The number of nitrogens with zero attached hydrogens (tertiary/aromatic N) is 4. The SMILES string of the molecule is COC(=O)C1=C(C)Nc2nnnn2[C@@H]1c1ccc(F)cc1. The molecule has 0 amide bonds. The highest BCUT2D eigenvalue weighted by Gasteiger charge is 2.34. The van der Waals surface area contributed by atoms with Crippen LogP contribution in [0.3, 0.4) is 0 Å². The molecule has 7 nitrogen and oxygen atoms in total. The number of esters is 1. The van der Waals surface area contributed by atoms with E-state index in [-0.39, 0.29) is 5.82 Å². The Labute approximate surface area is 119 Å². The molecule has 1 aromatic carbocycles. The number of nitrogens with one attached hydrogen (secondary N) is 1. The topological polar surface area (TPSA) is 81.9 Å². The molecule has 2 heterocycles. The van der Waals surface area contributed by atoms with E-state index in [1.165, 1.54) is 23.9 Å². The van der Waals surface area contributed by atoms with Crippen LogP contribution >= 0.6 is 0 Å². The third-order valence-electron chi connectivity index (χ3n) is 3.31. The van der Waals surface area contributed by atoms with Gasteiger partial charge in [-0.1, -0.05) is 17.2 Å². The van der Waals surface area contributed by atoms with Crippen molar-refractivity contribution in [3.8, 4) is 0 Å². The second kappa shape index (κ2) is 4.97. The van der Waals surface area contributed by atoms with Crippen molar-refractivity contribution >= 4 is 11.9 Å². The van der Waals surface area contributed by atoms with Crippen molar-refractivity contribution in [1.29, 1.82) is 0 Å². The summed E-state index contributed by atoms with van der Waals surface area (Å²) in [4.78, 5) is 12.1. The fourth-order valence-corrected chi connectivity index (χ4v) is 2.34. The minimum Gasteiger partial charge on any atom is -0.466 e. The van der Waals surface area contributed by atoms with E-state index in [9.17, 15) is 9.18 Å². The summed E-state index contributed by atoms with van der Waals surface area (Å²) in [6.07, 6.45) is 0. The number of methoxy groups -OCH3 is 1. The van der Waals surface area contributed by atoms with Crippen LogP contribution in [0.1, 0.15) is 18.5 Å². The van der Waals surface area contributed by atoms with Gasteiger partial charge in [0.25, 0.3) is 0 Å². The first-order valence-corrected chi connectivity index (χ1v) is 6.21. The van der Waals surface area contributed by atoms with Crippen LogP contribution in [0.4, 0.5) is 10.3 Å². The monoisotopic (exact) mass is 289 g/mol. The molecule has 21 heavy (non-hydrogen) atoms. The van der Waals surface area contributed by atoms with Gasteiger partial charge in [-0.3, -0.25) is 0 Å². The zero-order chi connectivity index (χ0) is 15.0. The van der Waals surface area contributed by atoms with Gasteiger partial charge in [-0.25, -0.2) is 9.18 Å². The summed E-state index contributed by atoms with van der Waals surface area (Å²) in [5.41, 5.74) is 1.66. The summed E-state index contributed by atoms with van der Waals surface area (Å²) in [5, 5.41) is 14.3. The molecule has 108 valence electrons. The number of allylic oxidation sites excluding steroid dienone is 1. The lowest BCUT2D eigenvalue weighted by Gasteiger charge is -2.26. The van der Waals surface area contributed by atoms with E-state index >= 15 is 0 Å². The smallest absolute Gasteiger partial charge is 0.338 e. The van der Waals surface area contributed by atoms with Crippen LogP contribution in [-0.2, 0) is 9.53 Å². The number of carbonyl (C=O) groups excluding carboxylic acids is 1. The molecule has 8 heteroatoms. The van der Waals surface area contributed by atoms with Crippen LogP contribution in [0, 0.1) is 5.82 Å². The molecule has 1 N–H and O–H groups in total. The van der Waals surface area contributed by atoms with Crippen molar-refractivity contribution in [2.45, 2.75) is 13.0 Å². The molecule has 1 aliphatic heterocycles. The maximum absolute atomic E-state index is 13.1. The van der Waals surface area contributed by atoms with Gasteiger partial charge < -0.3 is 10.1 Å². The van der Waals surface area contributed by atoms with Gasteiger partial charge >= 0.3 is 5.97 Å². The predicted molar refractivity (Wildman–Crippen MR) is 70.7 cm³/mol. The quantitative estimate of drug-likeness (QED) is 0.839. The van der Waals surface area contributed by atoms with Crippen molar-refractivity contribution in [2.24, 2.45) is 0 Å². The molecular weight excluding hydrogens is 277 g/mol. The van der Waals surface area contributed by atoms with Gasteiger partial charge in [-0.05, 0) is 35.0 Å². The van der Waals surface area contributed by atoms with Crippen molar-refractivity contribution < 1.29 is 13.9 Å². The number of hydrogen-bond donors (Lipinski definition) is 1. The van der Waals surface area contributed by atoms with E-state index in [1.807, 2.05) is 0 Å². The molecule has 2 aromatic rings. The first-order chi connectivity index (χ1) is 10.1. The van der Waals surface area contributed by atoms with Crippen LogP contribution in [0.2, 0.25) is 0 Å². The summed E-state index contributed by atoms with van der Waals surface area (Å²) in [6, 6.07) is 5.27. The van der Waals surface area contributed by atoms with E-state index in [2.05, 4.69) is 20.8 Å². The third kappa shape index (κ3) is 2.14. The van der Waals surface area contributed by atoms with E-state index in [1.54, 1.807) is 19.1 Å². The van der Waals surface area contributed by atoms with Crippen LogP contribution in [-0.4, -0.2) is 33.3 Å². The second-order valence-electron chi connectivity index (χ2n) is 4.56. The lowest BCUT2D eigenvalue weighted by molar-refractivity contribution is -0.136.